The second-order valence-corrected chi connectivity index (χ2v) is 4.32. The van der Waals surface area contributed by atoms with Crippen LogP contribution >= 0.6 is 9.24 Å². The number of hydrogen-bond donors (Lipinski definition) is 0. The second kappa shape index (κ2) is 3.75. The maximum absolute atomic E-state index is 13.0. The van der Waals surface area contributed by atoms with E-state index in [1.54, 1.807) is 0 Å². The van der Waals surface area contributed by atoms with E-state index in [2.05, 4.69) is 0 Å². The molecule has 0 saturated heterocycles. The van der Waals surface area contributed by atoms with Gasteiger partial charge in [0, 0.05) is 18.1 Å². The number of alkyl halides is 4. The molecule has 0 aliphatic rings. The van der Waals surface area contributed by atoms with Crippen LogP contribution in [-0.4, -0.2) is 0 Å². The van der Waals surface area contributed by atoms with Crippen LogP contribution in [0.3, 0.4) is 0 Å². The minimum Gasteiger partial charge on any atom is -0.202 e. The molecular formula is C10H11F4P. The van der Waals surface area contributed by atoms with Gasteiger partial charge in [0.05, 0.1) is 0 Å². The molecule has 0 fully saturated rings. The van der Waals surface area contributed by atoms with Gasteiger partial charge >= 0.3 is 0 Å². The van der Waals surface area contributed by atoms with E-state index in [0.29, 0.717) is 12.5 Å². The number of hydrogen-bond acceptors (Lipinski definition) is 0. The van der Waals surface area contributed by atoms with E-state index >= 15 is 0 Å². The third-order valence-electron chi connectivity index (χ3n) is 1.97. The molecule has 1 aromatic carbocycles. The van der Waals surface area contributed by atoms with Gasteiger partial charge < -0.3 is 0 Å². The molecule has 5 heteroatoms. The van der Waals surface area contributed by atoms with Gasteiger partial charge in [-0.1, -0.05) is 20.9 Å². The summed E-state index contributed by atoms with van der Waals surface area (Å²) in [6.45, 7) is 2.20. The zero-order valence-corrected chi connectivity index (χ0v) is 9.48. The summed E-state index contributed by atoms with van der Waals surface area (Å²) in [5.74, 6) is -3.10. The van der Waals surface area contributed by atoms with Crippen LogP contribution < -0.4 is 0 Å². The number of aryl methyl sites for hydroxylation is 1. The molecule has 84 valence electrons. The molecule has 15 heavy (non-hydrogen) atoms. The van der Waals surface area contributed by atoms with Crippen LogP contribution in [0.25, 0.3) is 0 Å². The Morgan fingerprint density at radius 3 is 1.87 bits per heavy atom. The molecule has 0 radical (unpaired) electrons. The van der Waals surface area contributed by atoms with Crippen molar-refractivity contribution in [3.8, 4) is 0 Å². The minimum atomic E-state index is -3.17. The van der Waals surface area contributed by atoms with E-state index < -0.39 is 17.1 Å². The third-order valence-corrected chi connectivity index (χ3v) is 2.30. The van der Waals surface area contributed by atoms with Gasteiger partial charge in [0.15, 0.2) is 0 Å². The molecule has 0 aromatic heterocycles. The van der Waals surface area contributed by atoms with Gasteiger partial charge in [-0.3, -0.25) is 0 Å². The Kier molecular flexibility index (Phi) is 3.11. The van der Waals surface area contributed by atoms with E-state index in [0.717, 1.165) is 6.07 Å². The van der Waals surface area contributed by atoms with Crippen LogP contribution in [0, 0.1) is 6.92 Å². The van der Waals surface area contributed by atoms with Crippen molar-refractivity contribution in [3.63, 3.8) is 0 Å². The van der Waals surface area contributed by atoms with E-state index in [4.69, 9.17) is 0 Å². The molecule has 1 rings (SSSR count). The molecule has 0 heterocycles. The van der Waals surface area contributed by atoms with Gasteiger partial charge in [0.25, 0.3) is 11.6 Å². The van der Waals surface area contributed by atoms with Crippen LogP contribution in [0.5, 0.6) is 0 Å². The molecule has 0 spiro atoms. The fourth-order valence-electron chi connectivity index (χ4n) is 1.23. The molecule has 0 saturated carbocycles. The quantitative estimate of drug-likeness (QED) is 0.539. The first-order valence-electron chi connectivity index (χ1n) is 4.28. The summed E-state index contributed by atoms with van der Waals surface area (Å²) in [5.41, 5.74) is -3.58. The molecule has 0 bridgehead atoms. The summed E-state index contributed by atoms with van der Waals surface area (Å²) in [7, 11) is 1.34. The van der Waals surface area contributed by atoms with Crippen LogP contribution in [0.15, 0.2) is 18.2 Å². The summed E-state index contributed by atoms with van der Waals surface area (Å²) < 4.78 is 51.7. The standard InChI is InChI=1S/C10H11F4P/c1-6-3-7(9(2,11)12)5-8(4-6)10(13,14)15/h3-5H,15H2,1-2H3. The summed E-state index contributed by atoms with van der Waals surface area (Å²) in [4.78, 5) is 0. The fourth-order valence-corrected chi connectivity index (χ4v) is 1.40. The normalized spacial score (nSPS) is 13.0. The molecule has 1 atom stereocenters. The van der Waals surface area contributed by atoms with Gasteiger partial charge in [0.1, 0.15) is 0 Å². The van der Waals surface area contributed by atoms with Crippen LogP contribution in [-0.2, 0) is 11.6 Å². The van der Waals surface area contributed by atoms with Crippen LogP contribution in [0.2, 0.25) is 0 Å². The monoisotopic (exact) mass is 238 g/mol. The Bertz CT molecular complexity index is 330. The lowest BCUT2D eigenvalue weighted by Crippen LogP contribution is -2.11. The third kappa shape index (κ3) is 3.16. The van der Waals surface area contributed by atoms with Crippen LogP contribution in [0.4, 0.5) is 17.6 Å². The first-order valence-corrected chi connectivity index (χ1v) is 4.85. The fraction of sp³-hybridized carbons (Fsp3) is 0.400. The molecule has 0 aliphatic heterocycles. The zero-order valence-electron chi connectivity index (χ0n) is 8.32. The molecule has 1 unspecified atom stereocenters. The van der Waals surface area contributed by atoms with Crippen molar-refractivity contribution < 1.29 is 17.6 Å². The van der Waals surface area contributed by atoms with E-state index in [9.17, 15) is 17.6 Å². The predicted octanol–water partition coefficient (Wildman–Crippen LogP) is 4.03. The highest BCUT2D eigenvalue weighted by molar-refractivity contribution is 7.17. The van der Waals surface area contributed by atoms with E-state index in [-0.39, 0.29) is 5.56 Å². The van der Waals surface area contributed by atoms with Gasteiger partial charge in [-0.05, 0) is 19.1 Å². The first kappa shape index (κ1) is 12.4. The van der Waals surface area contributed by atoms with Gasteiger partial charge in [-0.15, -0.1) is 0 Å². The Labute approximate surface area is 87.9 Å². The highest BCUT2D eigenvalue weighted by Gasteiger charge is 2.30. The second-order valence-electron chi connectivity index (χ2n) is 3.60. The molecule has 1 aromatic rings. The van der Waals surface area contributed by atoms with E-state index in [1.807, 2.05) is 0 Å². The minimum absolute atomic E-state index is 0.389. The summed E-state index contributed by atoms with van der Waals surface area (Å²) in [5, 5.41) is 0. The number of benzene rings is 1. The average Bonchev–Trinajstić information content (AvgIpc) is 1.99. The Balaban J connectivity index is 3.30. The molecule has 0 N–H and O–H groups in total. The van der Waals surface area contributed by atoms with Gasteiger partial charge in [0.2, 0.25) is 0 Å². The average molecular weight is 238 g/mol. The first-order chi connectivity index (χ1) is 6.60. The number of halogens is 4. The lowest BCUT2D eigenvalue weighted by Gasteiger charge is -2.16. The highest BCUT2D eigenvalue weighted by Crippen LogP contribution is 2.38. The lowest BCUT2D eigenvalue weighted by molar-refractivity contribution is 0.0168. The predicted molar refractivity (Wildman–Crippen MR) is 54.4 cm³/mol. The maximum atomic E-state index is 13.0. The lowest BCUT2D eigenvalue weighted by atomic mass is 10.0. The van der Waals surface area contributed by atoms with Crippen molar-refractivity contribution >= 4 is 9.24 Å². The Morgan fingerprint density at radius 2 is 1.47 bits per heavy atom. The van der Waals surface area contributed by atoms with Gasteiger partial charge in [-0.2, -0.15) is 8.78 Å². The van der Waals surface area contributed by atoms with Crippen LogP contribution in [0.1, 0.15) is 23.6 Å². The zero-order chi connectivity index (χ0) is 11.9. The Hall–Kier alpha value is -0.630. The Morgan fingerprint density at radius 1 is 1.00 bits per heavy atom. The van der Waals surface area contributed by atoms with Crippen molar-refractivity contribution in [1.29, 1.82) is 0 Å². The van der Waals surface area contributed by atoms with Crippen molar-refractivity contribution in [1.82, 2.24) is 0 Å². The molecule has 0 amide bonds. The largest absolute Gasteiger partial charge is 0.283 e. The topological polar surface area (TPSA) is 0 Å². The smallest absolute Gasteiger partial charge is 0.202 e. The maximum Gasteiger partial charge on any atom is 0.283 e. The molecule has 0 aliphatic carbocycles. The van der Waals surface area contributed by atoms with Crippen molar-refractivity contribution in [2.45, 2.75) is 25.4 Å². The van der Waals surface area contributed by atoms with Crippen molar-refractivity contribution in [2.75, 3.05) is 0 Å². The van der Waals surface area contributed by atoms with Crippen molar-refractivity contribution in [2.24, 2.45) is 0 Å². The number of rotatable bonds is 2. The van der Waals surface area contributed by atoms with Gasteiger partial charge in [-0.25, -0.2) is 8.78 Å². The van der Waals surface area contributed by atoms with E-state index in [1.165, 1.54) is 28.3 Å². The van der Waals surface area contributed by atoms with Crippen molar-refractivity contribution in [3.05, 3.63) is 34.9 Å². The molecule has 0 nitrogen and oxygen atoms in total. The highest BCUT2D eigenvalue weighted by atomic mass is 31.0. The summed E-state index contributed by atoms with van der Waals surface area (Å²) in [6.07, 6.45) is 0. The SMILES string of the molecule is Cc1cc(C(C)(F)F)cc(C(F)(F)P)c1. The summed E-state index contributed by atoms with van der Waals surface area (Å²) in [6, 6.07) is 3.24. The summed E-state index contributed by atoms with van der Waals surface area (Å²) >= 11 is 0. The molecular weight excluding hydrogens is 227 g/mol.